The van der Waals surface area contributed by atoms with E-state index in [4.69, 9.17) is 0 Å². The van der Waals surface area contributed by atoms with Crippen molar-refractivity contribution in [1.29, 1.82) is 0 Å². The minimum absolute atomic E-state index is 0.0520. The number of hydrogen-bond donors (Lipinski definition) is 2. The molecule has 168 valence electrons. The van der Waals surface area contributed by atoms with Crippen LogP contribution in [0.4, 0.5) is 0 Å². The number of nitrogens with zero attached hydrogens (tertiary/aromatic N) is 1. The van der Waals surface area contributed by atoms with Crippen LogP contribution >= 0.6 is 0 Å². The number of rotatable bonds is 17. The van der Waals surface area contributed by atoms with Gasteiger partial charge in [-0.3, -0.25) is 9.28 Å². The predicted octanol–water partition coefficient (Wildman–Crippen LogP) is 6.35. The molecule has 3 atom stereocenters. The van der Waals surface area contributed by atoms with E-state index in [-0.39, 0.29) is 12.1 Å². The summed E-state index contributed by atoms with van der Waals surface area (Å²) < 4.78 is 0.814. The fourth-order valence-electron chi connectivity index (χ4n) is 4.63. The first kappa shape index (κ1) is 25.7. The summed E-state index contributed by atoms with van der Waals surface area (Å²) in [6.45, 7) is 9.04. The van der Waals surface area contributed by atoms with E-state index in [0.29, 0.717) is 6.17 Å². The Hall–Kier alpha value is -1.29. The molecule has 1 aliphatic rings. The van der Waals surface area contributed by atoms with Crippen LogP contribution in [0.15, 0.2) is 24.6 Å². The molecule has 1 rings (SSSR count). The van der Waals surface area contributed by atoms with Crippen LogP contribution in [-0.4, -0.2) is 29.3 Å². The number of allylic oxidation sites excluding steroid dienone is 2. The molecule has 0 saturated heterocycles. The quantitative estimate of drug-likeness (QED) is 0.168. The lowest BCUT2D eigenvalue weighted by atomic mass is 10.0. The molecule has 4 nitrogen and oxygen atoms in total. The van der Waals surface area contributed by atoms with E-state index in [1.54, 1.807) is 6.92 Å². The third-order valence-corrected chi connectivity index (χ3v) is 6.49. The van der Waals surface area contributed by atoms with Crippen LogP contribution in [0.5, 0.6) is 0 Å². The van der Waals surface area contributed by atoms with Crippen molar-refractivity contribution in [2.45, 2.75) is 123 Å². The van der Waals surface area contributed by atoms with Crippen LogP contribution in [0.2, 0.25) is 0 Å². The SMILES string of the molecule is C/C=C/CCCCCCCCCCCCCC1NC=C[N+]1(CC)C(C)NC(C)=O. The topological polar surface area (TPSA) is 41.1 Å². The number of carbonyl (C=O) groups is 1. The van der Waals surface area contributed by atoms with Crippen molar-refractivity contribution in [3.8, 4) is 0 Å². The Bertz CT molecular complexity index is 488. The Morgan fingerprint density at radius 1 is 1.03 bits per heavy atom. The lowest BCUT2D eigenvalue weighted by Gasteiger charge is -2.41. The second-order valence-corrected chi connectivity index (χ2v) is 8.72. The summed E-state index contributed by atoms with van der Waals surface area (Å²) in [5.74, 6) is 0.0520. The largest absolute Gasteiger partial charge is 0.338 e. The van der Waals surface area contributed by atoms with Crippen molar-refractivity contribution in [3.05, 3.63) is 24.6 Å². The number of carbonyl (C=O) groups excluding carboxylic acids is 1. The Morgan fingerprint density at radius 3 is 2.10 bits per heavy atom. The summed E-state index contributed by atoms with van der Waals surface area (Å²) >= 11 is 0. The van der Waals surface area contributed by atoms with Gasteiger partial charge in [0.15, 0.2) is 12.3 Å². The Kier molecular flexibility index (Phi) is 13.8. The van der Waals surface area contributed by atoms with Gasteiger partial charge in [0, 0.05) is 20.3 Å². The van der Waals surface area contributed by atoms with E-state index in [1.165, 1.54) is 77.0 Å². The van der Waals surface area contributed by atoms with Gasteiger partial charge in [0.1, 0.15) is 6.20 Å². The molecule has 0 aromatic carbocycles. The van der Waals surface area contributed by atoms with E-state index in [0.717, 1.165) is 17.4 Å². The normalized spacial score (nSPS) is 22.1. The first-order chi connectivity index (χ1) is 14.1. The number of quaternary nitrogens is 1. The fourth-order valence-corrected chi connectivity index (χ4v) is 4.63. The molecular weight excluding hydrogens is 358 g/mol. The third-order valence-electron chi connectivity index (χ3n) is 6.49. The van der Waals surface area contributed by atoms with E-state index >= 15 is 0 Å². The molecule has 0 radical (unpaired) electrons. The number of nitrogens with one attached hydrogen (secondary N) is 2. The van der Waals surface area contributed by atoms with Gasteiger partial charge in [0.25, 0.3) is 0 Å². The molecule has 1 aliphatic heterocycles. The molecule has 0 bridgehead atoms. The summed E-state index contributed by atoms with van der Waals surface area (Å²) in [4.78, 5) is 11.5. The average Bonchev–Trinajstić information content (AvgIpc) is 3.12. The molecule has 2 N–H and O–H groups in total. The van der Waals surface area contributed by atoms with Gasteiger partial charge >= 0.3 is 0 Å². The standard InChI is InChI=1S/C25H47N3O/c1-5-7-8-9-10-11-12-13-14-15-16-17-18-19-20-25-26-21-22-28(25,6-2)23(3)27-24(4)29/h5,7,21-23,25-26H,6,8-20H2,1-4H3/p+1/b7-5+. The zero-order valence-corrected chi connectivity index (χ0v) is 19.7. The van der Waals surface area contributed by atoms with Gasteiger partial charge in [-0.25, -0.2) is 0 Å². The highest BCUT2D eigenvalue weighted by atomic mass is 16.1. The van der Waals surface area contributed by atoms with Crippen molar-refractivity contribution in [2.75, 3.05) is 6.54 Å². The smallest absolute Gasteiger partial charge is 0.221 e. The molecule has 4 heteroatoms. The Balaban J connectivity index is 2.06. The molecule has 0 aromatic rings. The van der Waals surface area contributed by atoms with Crippen LogP contribution in [0.1, 0.15) is 111 Å². The molecule has 1 heterocycles. The van der Waals surface area contributed by atoms with Crippen molar-refractivity contribution in [2.24, 2.45) is 0 Å². The lowest BCUT2D eigenvalue weighted by molar-refractivity contribution is -0.923. The second-order valence-electron chi connectivity index (χ2n) is 8.72. The molecule has 0 saturated carbocycles. The Morgan fingerprint density at radius 2 is 1.59 bits per heavy atom. The van der Waals surface area contributed by atoms with Crippen molar-refractivity contribution >= 4 is 5.91 Å². The summed E-state index contributed by atoms with van der Waals surface area (Å²) in [5, 5.41) is 6.63. The molecule has 0 aliphatic carbocycles. The summed E-state index contributed by atoms with van der Waals surface area (Å²) in [6, 6.07) is 0. The van der Waals surface area contributed by atoms with Gasteiger partial charge in [0.2, 0.25) is 5.91 Å². The molecule has 0 fully saturated rings. The number of amides is 1. The van der Waals surface area contributed by atoms with Crippen LogP contribution in [-0.2, 0) is 4.79 Å². The predicted molar refractivity (Wildman–Crippen MR) is 125 cm³/mol. The number of hydrogen-bond acceptors (Lipinski definition) is 2. The molecule has 3 unspecified atom stereocenters. The first-order valence-electron chi connectivity index (χ1n) is 12.3. The van der Waals surface area contributed by atoms with Gasteiger partial charge in [-0.1, -0.05) is 69.9 Å². The van der Waals surface area contributed by atoms with E-state index < -0.39 is 0 Å². The Labute approximate surface area is 180 Å². The van der Waals surface area contributed by atoms with Gasteiger partial charge in [0.05, 0.1) is 12.7 Å². The monoisotopic (exact) mass is 406 g/mol. The van der Waals surface area contributed by atoms with Crippen molar-refractivity contribution in [3.63, 3.8) is 0 Å². The highest BCUT2D eigenvalue weighted by Gasteiger charge is 2.41. The highest BCUT2D eigenvalue weighted by Crippen LogP contribution is 2.26. The molecule has 29 heavy (non-hydrogen) atoms. The zero-order valence-electron chi connectivity index (χ0n) is 19.7. The van der Waals surface area contributed by atoms with Crippen molar-refractivity contribution in [1.82, 2.24) is 10.6 Å². The maximum atomic E-state index is 11.5. The van der Waals surface area contributed by atoms with Crippen LogP contribution in [0.3, 0.4) is 0 Å². The van der Waals surface area contributed by atoms with Gasteiger partial charge in [-0.05, 0) is 33.1 Å². The maximum Gasteiger partial charge on any atom is 0.221 e. The van der Waals surface area contributed by atoms with E-state index in [1.807, 2.05) is 0 Å². The first-order valence-corrected chi connectivity index (χ1v) is 12.3. The highest BCUT2D eigenvalue weighted by molar-refractivity contribution is 5.72. The molecule has 0 aromatic heterocycles. The third kappa shape index (κ3) is 9.84. The van der Waals surface area contributed by atoms with Gasteiger partial charge < -0.3 is 10.6 Å². The van der Waals surface area contributed by atoms with Crippen LogP contribution in [0.25, 0.3) is 0 Å². The van der Waals surface area contributed by atoms with Crippen LogP contribution in [0, 0.1) is 0 Å². The van der Waals surface area contributed by atoms with Gasteiger partial charge in [-0.2, -0.15) is 0 Å². The minimum atomic E-state index is 0.0520. The number of unbranched alkanes of at least 4 members (excludes halogenated alkanes) is 11. The summed E-state index contributed by atoms with van der Waals surface area (Å²) in [7, 11) is 0. The van der Waals surface area contributed by atoms with E-state index in [9.17, 15) is 4.79 Å². The molecule has 0 spiro atoms. The summed E-state index contributed by atoms with van der Waals surface area (Å²) in [5.41, 5.74) is 0. The minimum Gasteiger partial charge on any atom is -0.338 e. The maximum absolute atomic E-state index is 11.5. The molecular formula is C25H48N3O+. The molecule has 1 amide bonds. The van der Waals surface area contributed by atoms with Crippen LogP contribution < -0.4 is 10.6 Å². The van der Waals surface area contributed by atoms with Crippen molar-refractivity contribution < 1.29 is 9.28 Å². The summed E-state index contributed by atoms with van der Waals surface area (Å²) in [6.07, 6.45) is 26.8. The zero-order chi connectivity index (χ0) is 21.4. The fraction of sp³-hybridized carbons (Fsp3) is 0.800. The lowest BCUT2D eigenvalue weighted by Crippen LogP contribution is -2.62. The second kappa shape index (κ2) is 15.5. The van der Waals surface area contributed by atoms with Gasteiger partial charge in [-0.15, -0.1) is 0 Å². The average molecular weight is 407 g/mol. The van der Waals surface area contributed by atoms with E-state index in [2.05, 4.69) is 56.0 Å².